The predicted octanol–water partition coefficient (Wildman–Crippen LogP) is 2.75. The maximum atomic E-state index is 13.1. The molecule has 172 valence electrons. The number of sulfonamides is 1. The molecule has 0 radical (unpaired) electrons. The van der Waals surface area contributed by atoms with Crippen LogP contribution >= 0.6 is 23.8 Å². The Kier molecular flexibility index (Phi) is 7.34. The third-order valence-corrected chi connectivity index (χ3v) is 6.70. The second-order valence-electron chi connectivity index (χ2n) is 7.20. The lowest BCUT2D eigenvalue weighted by atomic mass is 10.1. The Morgan fingerprint density at radius 3 is 2.67 bits per heavy atom. The monoisotopic (exact) mass is 506 g/mol. The molecule has 1 N–H and O–H groups in total. The van der Waals surface area contributed by atoms with Crippen molar-refractivity contribution in [2.24, 2.45) is 0 Å². The van der Waals surface area contributed by atoms with E-state index in [0.29, 0.717) is 10.7 Å². The van der Waals surface area contributed by atoms with Gasteiger partial charge >= 0.3 is 0 Å². The third kappa shape index (κ3) is 5.66. The SMILES string of the molecule is Cc1ccc(N2C(=O)/C(=C/c3ccc(CN(CCC#N)S(C)(=O)=O)o3)C(=O)NC2=S)cc1Cl. The first-order chi connectivity index (χ1) is 15.5. The summed E-state index contributed by atoms with van der Waals surface area (Å²) in [6.07, 6.45) is 2.32. The second-order valence-corrected chi connectivity index (χ2v) is 9.98. The minimum Gasteiger partial charge on any atom is -0.460 e. The van der Waals surface area contributed by atoms with Gasteiger partial charge in [0.2, 0.25) is 10.0 Å². The Hall–Kier alpha value is -3.04. The Morgan fingerprint density at radius 2 is 2.03 bits per heavy atom. The molecule has 12 heteroatoms. The van der Waals surface area contributed by atoms with Crippen LogP contribution < -0.4 is 10.2 Å². The van der Waals surface area contributed by atoms with Crippen molar-refractivity contribution in [1.82, 2.24) is 9.62 Å². The number of nitriles is 1. The van der Waals surface area contributed by atoms with Crippen LogP contribution in [0.1, 0.15) is 23.5 Å². The van der Waals surface area contributed by atoms with E-state index in [9.17, 15) is 18.0 Å². The lowest BCUT2D eigenvalue weighted by Crippen LogP contribution is -2.54. The minimum atomic E-state index is -3.56. The summed E-state index contributed by atoms with van der Waals surface area (Å²) in [4.78, 5) is 26.7. The van der Waals surface area contributed by atoms with Crippen molar-refractivity contribution in [3.63, 3.8) is 0 Å². The normalized spacial score (nSPS) is 15.8. The zero-order valence-corrected chi connectivity index (χ0v) is 20.1. The molecule has 1 aliphatic rings. The molecule has 2 amide bonds. The quantitative estimate of drug-likeness (QED) is 0.348. The number of nitrogens with zero attached hydrogens (tertiary/aromatic N) is 3. The summed E-state index contributed by atoms with van der Waals surface area (Å²) < 4.78 is 30.6. The maximum absolute atomic E-state index is 13.1. The van der Waals surface area contributed by atoms with Gasteiger partial charge < -0.3 is 4.42 Å². The van der Waals surface area contributed by atoms with Gasteiger partial charge in [-0.3, -0.25) is 19.8 Å². The lowest BCUT2D eigenvalue weighted by molar-refractivity contribution is -0.122. The number of anilines is 1. The van der Waals surface area contributed by atoms with Crippen molar-refractivity contribution in [2.45, 2.75) is 19.9 Å². The number of nitrogens with one attached hydrogen (secondary N) is 1. The molecule has 1 aromatic carbocycles. The van der Waals surface area contributed by atoms with E-state index in [1.54, 1.807) is 18.2 Å². The average Bonchev–Trinajstić information content (AvgIpc) is 3.17. The largest absolute Gasteiger partial charge is 0.460 e. The molecule has 0 spiro atoms. The van der Waals surface area contributed by atoms with Crippen LogP contribution in [-0.2, 0) is 26.2 Å². The van der Waals surface area contributed by atoms with Crippen LogP contribution in [0.5, 0.6) is 0 Å². The van der Waals surface area contributed by atoms with Gasteiger partial charge in [0.15, 0.2) is 5.11 Å². The zero-order chi connectivity index (χ0) is 24.3. The molecule has 1 aromatic heterocycles. The van der Waals surface area contributed by atoms with Gasteiger partial charge in [0, 0.05) is 18.0 Å². The molecular formula is C21H19ClN4O5S2. The van der Waals surface area contributed by atoms with Crippen molar-refractivity contribution < 1.29 is 22.4 Å². The van der Waals surface area contributed by atoms with Gasteiger partial charge in [-0.1, -0.05) is 17.7 Å². The summed E-state index contributed by atoms with van der Waals surface area (Å²) >= 11 is 11.3. The number of rotatable bonds is 7. The van der Waals surface area contributed by atoms with Crippen LogP contribution in [0.2, 0.25) is 5.02 Å². The van der Waals surface area contributed by atoms with E-state index >= 15 is 0 Å². The average molecular weight is 507 g/mol. The Balaban J connectivity index is 1.88. The van der Waals surface area contributed by atoms with Crippen LogP contribution in [-0.4, -0.2) is 42.5 Å². The van der Waals surface area contributed by atoms with Crippen molar-refractivity contribution in [2.75, 3.05) is 17.7 Å². The first kappa shape index (κ1) is 24.6. The van der Waals surface area contributed by atoms with Gasteiger partial charge in [-0.05, 0) is 55.0 Å². The van der Waals surface area contributed by atoms with E-state index in [1.807, 2.05) is 13.0 Å². The number of carbonyl (C=O) groups excluding carboxylic acids is 2. The Labute approximate surface area is 201 Å². The second kappa shape index (κ2) is 9.84. The summed E-state index contributed by atoms with van der Waals surface area (Å²) in [6, 6.07) is 9.90. The van der Waals surface area contributed by atoms with Crippen molar-refractivity contribution in [3.8, 4) is 6.07 Å². The highest BCUT2D eigenvalue weighted by Crippen LogP contribution is 2.27. The lowest BCUT2D eigenvalue weighted by Gasteiger charge is -2.29. The number of aryl methyl sites for hydroxylation is 1. The molecule has 0 bridgehead atoms. The molecule has 2 aromatic rings. The highest BCUT2D eigenvalue weighted by atomic mass is 35.5. The summed E-state index contributed by atoms with van der Waals surface area (Å²) in [5.41, 5.74) is 0.996. The topological polar surface area (TPSA) is 124 Å². The minimum absolute atomic E-state index is 0.0128. The van der Waals surface area contributed by atoms with Gasteiger partial charge in [0.1, 0.15) is 17.1 Å². The van der Waals surface area contributed by atoms with E-state index in [4.69, 9.17) is 33.5 Å². The Bertz CT molecular complexity index is 1310. The molecule has 0 saturated carbocycles. The summed E-state index contributed by atoms with van der Waals surface area (Å²) in [6.45, 7) is 1.73. The van der Waals surface area contributed by atoms with Gasteiger partial charge in [-0.25, -0.2) is 8.42 Å². The molecule has 1 aliphatic heterocycles. The number of hydrogen-bond donors (Lipinski definition) is 1. The molecule has 9 nitrogen and oxygen atoms in total. The van der Waals surface area contributed by atoms with Gasteiger partial charge in [-0.15, -0.1) is 0 Å². The summed E-state index contributed by atoms with van der Waals surface area (Å²) in [5, 5.41) is 11.6. The maximum Gasteiger partial charge on any atom is 0.270 e. The molecule has 33 heavy (non-hydrogen) atoms. The fraction of sp³-hybridized carbons (Fsp3) is 0.238. The van der Waals surface area contributed by atoms with E-state index < -0.39 is 21.8 Å². The van der Waals surface area contributed by atoms with Crippen LogP contribution in [0.4, 0.5) is 5.69 Å². The molecule has 2 heterocycles. The van der Waals surface area contributed by atoms with E-state index in [0.717, 1.165) is 21.0 Å². The number of hydrogen-bond acceptors (Lipinski definition) is 7. The molecule has 0 aliphatic carbocycles. The zero-order valence-electron chi connectivity index (χ0n) is 17.7. The number of halogens is 1. The number of amides is 2. The van der Waals surface area contributed by atoms with Crippen LogP contribution in [0.25, 0.3) is 6.08 Å². The third-order valence-electron chi connectivity index (χ3n) is 4.76. The first-order valence-corrected chi connectivity index (χ1v) is 12.2. The fourth-order valence-electron chi connectivity index (χ4n) is 3.02. The van der Waals surface area contributed by atoms with Gasteiger partial charge in [0.05, 0.1) is 24.6 Å². The number of benzene rings is 1. The molecule has 1 saturated heterocycles. The van der Waals surface area contributed by atoms with E-state index in [1.165, 1.54) is 18.2 Å². The van der Waals surface area contributed by atoms with E-state index in [-0.39, 0.29) is 41.7 Å². The smallest absolute Gasteiger partial charge is 0.270 e. The predicted molar refractivity (Wildman–Crippen MR) is 127 cm³/mol. The van der Waals surface area contributed by atoms with Crippen molar-refractivity contribution in [3.05, 3.63) is 58.0 Å². The highest BCUT2D eigenvalue weighted by Gasteiger charge is 2.35. The van der Waals surface area contributed by atoms with Crippen LogP contribution in [0.15, 0.2) is 40.3 Å². The Morgan fingerprint density at radius 1 is 1.30 bits per heavy atom. The molecule has 3 rings (SSSR count). The molecule has 0 atom stereocenters. The first-order valence-electron chi connectivity index (χ1n) is 9.59. The summed E-state index contributed by atoms with van der Waals surface area (Å²) in [5.74, 6) is -0.892. The van der Waals surface area contributed by atoms with Gasteiger partial charge in [-0.2, -0.15) is 9.57 Å². The number of carbonyl (C=O) groups is 2. The van der Waals surface area contributed by atoms with Crippen molar-refractivity contribution in [1.29, 1.82) is 5.26 Å². The fourth-order valence-corrected chi connectivity index (χ4v) is 4.26. The van der Waals surface area contributed by atoms with Crippen molar-refractivity contribution >= 4 is 62.5 Å². The molecular weight excluding hydrogens is 488 g/mol. The van der Waals surface area contributed by atoms with Crippen LogP contribution in [0.3, 0.4) is 0 Å². The van der Waals surface area contributed by atoms with E-state index in [2.05, 4.69) is 5.32 Å². The molecule has 1 fully saturated rings. The number of thiocarbonyl (C=S) groups is 1. The van der Waals surface area contributed by atoms with Crippen LogP contribution in [0, 0.1) is 18.3 Å². The molecule has 0 unspecified atom stereocenters. The highest BCUT2D eigenvalue weighted by molar-refractivity contribution is 7.88. The summed E-state index contributed by atoms with van der Waals surface area (Å²) in [7, 11) is -3.56. The number of furan rings is 1. The van der Waals surface area contributed by atoms with Gasteiger partial charge in [0.25, 0.3) is 11.8 Å². The standard InChI is InChI=1S/C21H19ClN4O5S2/c1-13-4-5-14(10-18(13)22)26-20(28)17(19(27)24-21(26)32)11-15-6-7-16(31-15)12-25(9-3-8-23)33(2,29)30/h4-7,10-11H,3,9,12H2,1-2H3,(H,24,27,32)/b17-11+.